The smallest absolute Gasteiger partial charge is 0.416 e. The van der Waals surface area contributed by atoms with Crippen LogP contribution in [0.5, 0.6) is 0 Å². The second kappa shape index (κ2) is 6.06. The lowest BCUT2D eigenvalue weighted by Crippen LogP contribution is -2.47. The van der Waals surface area contributed by atoms with Gasteiger partial charge in [0.2, 0.25) is 0 Å². The first-order valence-electron chi connectivity index (χ1n) is 7.55. The van der Waals surface area contributed by atoms with Gasteiger partial charge in [0.25, 0.3) is 0 Å². The average Bonchev–Trinajstić information content (AvgIpc) is 2.36. The Morgan fingerprint density at radius 1 is 1.38 bits per heavy atom. The Kier molecular flexibility index (Phi) is 4.57. The first-order valence-corrected chi connectivity index (χ1v) is 7.55. The van der Waals surface area contributed by atoms with Crippen LogP contribution in [0.3, 0.4) is 0 Å². The van der Waals surface area contributed by atoms with Gasteiger partial charge in [-0.3, -0.25) is 4.90 Å². The predicted octanol–water partition coefficient (Wildman–Crippen LogP) is 4.05. The maximum atomic E-state index is 12.6. The first kappa shape index (κ1) is 15.8. The second-order valence-corrected chi connectivity index (χ2v) is 6.43. The quantitative estimate of drug-likeness (QED) is 0.825. The van der Waals surface area contributed by atoms with Crippen molar-refractivity contribution in [3.05, 3.63) is 29.3 Å². The molecule has 0 spiro atoms. The third-order valence-corrected chi connectivity index (χ3v) is 3.39. The van der Waals surface area contributed by atoms with Gasteiger partial charge in [0.05, 0.1) is 5.69 Å². The molecule has 0 fully saturated rings. The lowest BCUT2D eigenvalue weighted by Gasteiger charge is -2.37. The van der Waals surface area contributed by atoms with Gasteiger partial charge in [-0.25, -0.2) is 4.79 Å². The zero-order valence-electron chi connectivity index (χ0n) is 13.6. The van der Waals surface area contributed by atoms with Crippen LogP contribution in [-0.2, 0) is 15.9 Å². The summed E-state index contributed by atoms with van der Waals surface area (Å²) in [6.45, 7) is 10.2. The number of hydrogen-bond donors (Lipinski definition) is 0. The molecule has 1 heterocycles. The Labute approximate surface area is 127 Å². The van der Waals surface area contributed by atoms with Gasteiger partial charge < -0.3 is 9.47 Å². The monoisotopic (exact) mass is 291 g/mol. The summed E-state index contributed by atoms with van der Waals surface area (Å²) in [5.41, 5.74) is 2.76. The van der Waals surface area contributed by atoms with Gasteiger partial charge in [-0.05, 0) is 59.1 Å². The molecule has 1 atom stereocenters. The third-order valence-electron chi connectivity index (χ3n) is 3.39. The normalized spacial score (nSPS) is 18.3. The fourth-order valence-corrected chi connectivity index (χ4v) is 2.59. The Hall–Kier alpha value is -1.55. The van der Waals surface area contributed by atoms with Crippen molar-refractivity contribution >= 4 is 11.8 Å². The molecule has 21 heavy (non-hydrogen) atoms. The molecule has 1 aromatic rings. The fraction of sp³-hybridized carbons (Fsp3) is 0.588. The van der Waals surface area contributed by atoms with Crippen molar-refractivity contribution in [2.24, 2.45) is 0 Å². The SMILES string of the molecule is CCOC1CCc2cc(C)ccc2N1C(=O)OC(C)(C)C. The van der Waals surface area contributed by atoms with E-state index in [1.165, 1.54) is 11.1 Å². The number of nitrogens with zero attached hydrogens (tertiary/aromatic N) is 1. The molecule has 0 bridgehead atoms. The number of ether oxygens (including phenoxy) is 2. The summed E-state index contributed by atoms with van der Waals surface area (Å²) in [5, 5.41) is 0. The largest absolute Gasteiger partial charge is 0.443 e. The molecule has 0 aliphatic carbocycles. The molecule has 1 aromatic carbocycles. The number of rotatable bonds is 2. The molecule has 1 unspecified atom stereocenters. The molecule has 0 saturated carbocycles. The topological polar surface area (TPSA) is 38.8 Å². The fourth-order valence-electron chi connectivity index (χ4n) is 2.59. The molecule has 4 nitrogen and oxygen atoms in total. The van der Waals surface area contributed by atoms with Crippen LogP contribution in [0.25, 0.3) is 0 Å². The van der Waals surface area contributed by atoms with E-state index in [0.29, 0.717) is 6.61 Å². The molecule has 2 rings (SSSR count). The molecular weight excluding hydrogens is 266 g/mol. The van der Waals surface area contributed by atoms with E-state index in [9.17, 15) is 4.79 Å². The highest BCUT2D eigenvalue weighted by Crippen LogP contribution is 2.33. The third kappa shape index (κ3) is 3.76. The Morgan fingerprint density at radius 2 is 2.10 bits per heavy atom. The van der Waals surface area contributed by atoms with Crippen molar-refractivity contribution < 1.29 is 14.3 Å². The highest BCUT2D eigenvalue weighted by molar-refractivity contribution is 5.90. The number of benzene rings is 1. The molecule has 1 aliphatic heterocycles. The highest BCUT2D eigenvalue weighted by atomic mass is 16.6. The van der Waals surface area contributed by atoms with E-state index in [1.807, 2.05) is 39.8 Å². The van der Waals surface area contributed by atoms with Crippen LogP contribution in [0, 0.1) is 6.92 Å². The van der Waals surface area contributed by atoms with Gasteiger partial charge in [0.1, 0.15) is 11.8 Å². The summed E-state index contributed by atoms with van der Waals surface area (Å²) >= 11 is 0. The molecule has 116 valence electrons. The van der Waals surface area contributed by atoms with Crippen molar-refractivity contribution in [3.8, 4) is 0 Å². The standard InChI is InChI=1S/C17H25NO3/c1-6-20-15-10-8-13-11-12(2)7-9-14(13)18(15)16(19)21-17(3,4)5/h7,9,11,15H,6,8,10H2,1-5H3. The molecule has 1 amide bonds. The maximum absolute atomic E-state index is 12.6. The molecule has 1 aliphatic rings. The van der Waals surface area contributed by atoms with E-state index in [4.69, 9.17) is 9.47 Å². The summed E-state index contributed by atoms with van der Waals surface area (Å²) in [7, 11) is 0. The number of anilines is 1. The Balaban J connectivity index is 2.35. The lowest BCUT2D eigenvalue weighted by atomic mass is 9.99. The number of carbonyl (C=O) groups is 1. The highest BCUT2D eigenvalue weighted by Gasteiger charge is 2.34. The second-order valence-electron chi connectivity index (χ2n) is 6.43. The van der Waals surface area contributed by atoms with Gasteiger partial charge in [0, 0.05) is 6.61 Å². The average molecular weight is 291 g/mol. The van der Waals surface area contributed by atoms with E-state index in [0.717, 1.165) is 18.5 Å². The van der Waals surface area contributed by atoms with Crippen LogP contribution in [-0.4, -0.2) is 24.5 Å². The summed E-state index contributed by atoms with van der Waals surface area (Å²) in [5.74, 6) is 0. The van der Waals surface area contributed by atoms with Gasteiger partial charge in [-0.15, -0.1) is 0 Å². The van der Waals surface area contributed by atoms with E-state index < -0.39 is 5.60 Å². The molecule has 0 saturated heterocycles. The van der Waals surface area contributed by atoms with Gasteiger partial charge in [0.15, 0.2) is 0 Å². The van der Waals surface area contributed by atoms with Crippen molar-refractivity contribution in [3.63, 3.8) is 0 Å². The number of aryl methyl sites for hydroxylation is 2. The molecule has 0 aromatic heterocycles. The summed E-state index contributed by atoms with van der Waals surface area (Å²) in [6.07, 6.45) is 1.12. The molecule has 4 heteroatoms. The maximum Gasteiger partial charge on any atom is 0.416 e. The minimum atomic E-state index is -0.518. The van der Waals surface area contributed by atoms with Gasteiger partial charge in [-0.1, -0.05) is 17.7 Å². The first-order chi connectivity index (χ1) is 9.81. The molecular formula is C17H25NO3. The van der Waals surface area contributed by atoms with Gasteiger partial charge in [-0.2, -0.15) is 0 Å². The van der Waals surface area contributed by atoms with E-state index >= 15 is 0 Å². The van der Waals surface area contributed by atoms with E-state index in [1.54, 1.807) is 4.90 Å². The number of carbonyl (C=O) groups excluding carboxylic acids is 1. The number of amides is 1. The summed E-state index contributed by atoms with van der Waals surface area (Å²) < 4.78 is 11.3. The summed E-state index contributed by atoms with van der Waals surface area (Å²) in [4.78, 5) is 14.2. The lowest BCUT2D eigenvalue weighted by molar-refractivity contribution is 0.0230. The van der Waals surface area contributed by atoms with Crippen LogP contribution >= 0.6 is 0 Å². The van der Waals surface area contributed by atoms with E-state index in [2.05, 4.69) is 13.0 Å². The van der Waals surface area contributed by atoms with Crippen LogP contribution in [0.15, 0.2) is 18.2 Å². The van der Waals surface area contributed by atoms with Crippen LogP contribution in [0.1, 0.15) is 45.2 Å². The predicted molar refractivity (Wildman–Crippen MR) is 83.6 cm³/mol. The van der Waals surface area contributed by atoms with Gasteiger partial charge >= 0.3 is 6.09 Å². The molecule has 0 N–H and O–H groups in total. The van der Waals surface area contributed by atoms with Crippen LogP contribution in [0.2, 0.25) is 0 Å². The Bertz CT molecular complexity index is 519. The minimum absolute atomic E-state index is 0.250. The summed E-state index contributed by atoms with van der Waals surface area (Å²) in [6, 6.07) is 6.14. The zero-order valence-corrected chi connectivity index (χ0v) is 13.6. The zero-order chi connectivity index (χ0) is 15.6. The van der Waals surface area contributed by atoms with Crippen molar-refractivity contribution in [2.75, 3.05) is 11.5 Å². The van der Waals surface area contributed by atoms with Crippen molar-refractivity contribution in [1.29, 1.82) is 0 Å². The molecule has 0 radical (unpaired) electrons. The van der Waals surface area contributed by atoms with Crippen LogP contribution in [0.4, 0.5) is 10.5 Å². The van der Waals surface area contributed by atoms with Crippen molar-refractivity contribution in [1.82, 2.24) is 0 Å². The Morgan fingerprint density at radius 3 is 2.71 bits per heavy atom. The minimum Gasteiger partial charge on any atom is -0.443 e. The van der Waals surface area contributed by atoms with Crippen LogP contribution < -0.4 is 4.90 Å². The van der Waals surface area contributed by atoms with E-state index in [-0.39, 0.29) is 12.3 Å². The number of fused-ring (bicyclic) bond motifs is 1. The number of hydrogen-bond acceptors (Lipinski definition) is 3. The van der Waals surface area contributed by atoms with Crippen molar-refractivity contribution in [2.45, 2.75) is 59.3 Å².